The monoisotopic (exact) mass is 351 g/mol. The Kier molecular flexibility index (Phi) is 6.29. The van der Waals surface area contributed by atoms with Crippen LogP contribution < -0.4 is 15.5 Å². The Hall–Kier alpha value is -2.33. The number of rotatable bonds is 8. The van der Waals surface area contributed by atoms with Crippen molar-refractivity contribution in [3.63, 3.8) is 0 Å². The van der Waals surface area contributed by atoms with Crippen LogP contribution in [0.1, 0.15) is 41.8 Å². The van der Waals surface area contributed by atoms with Crippen molar-refractivity contribution in [3.05, 3.63) is 65.2 Å². The zero-order valence-corrected chi connectivity index (χ0v) is 15.8. The predicted molar refractivity (Wildman–Crippen MR) is 107 cm³/mol. The molecule has 4 nitrogen and oxygen atoms in total. The van der Waals surface area contributed by atoms with Crippen LogP contribution in [0.3, 0.4) is 0 Å². The van der Waals surface area contributed by atoms with Gasteiger partial charge in [-0.05, 0) is 54.6 Å². The third kappa shape index (κ3) is 4.85. The van der Waals surface area contributed by atoms with Crippen LogP contribution in [-0.2, 0) is 13.0 Å². The Morgan fingerprint density at radius 2 is 1.96 bits per heavy atom. The number of carbonyl (C=O) groups is 1. The van der Waals surface area contributed by atoms with E-state index < -0.39 is 0 Å². The van der Waals surface area contributed by atoms with E-state index in [2.05, 4.69) is 47.6 Å². The van der Waals surface area contributed by atoms with Crippen molar-refractivity contribution in [1.82, 2.24) is 10.6 Å². The highest BCUT2D eigenvalue weighted by atomic mass is 16.1. The van der Waals surface area contributed by atoms with Gasteiger partial charge >= 0.3 is 0 Å². The molecule has 0 atom stereocenters. The molecule has 4 heteroatoms. The van der Waals surface area contributed by atoms with Gasteiger partial charge in [0.25, 0.3) is 5.91 Å². The van der Waals surface area contributed by atoms with Gasteiger partial charge in [0.15, 0.2) is 0 Å². The van der Waals surface area contributed by atoms with E-state index in [0.29, 0.717) is 12.2 Å². The number of nitrogens with zero attached hydrogens (tertiary/aromatic N) is 1. The molecule has 3 rings (SSSR count). The maximum Gasteiger partial charge on any atom is 0.252 e. The molecule has 138 valence electrons. The van der Waals surface area contributed by atoms with E-state index in [4.69, 9.17) is 0 Å². The Morgan fingerprint density at radius 1 is 1.15 bits per heavy atom. The van der Waals surface area contributed by atoms with E-state index in [1.807, 2.05) is 30.3 Å². The summed E-state index contributed by atoms with van der Waals surface area (Å²) in [4.78, 5) is 14.5. The largest absolute Gasteiger partial charge is 0.353 e. The number of benzene rings is 2. The summed E-state index contributed by atoms with van der Waals surface area (Å²) in [5.41, 5.74) is 4.66. The number of fused-ring (bicyclic) bond motifs is 1. The minimum absolute atomic E-state index is 0.0231. The topological polar surface area (TPSA) is 44.4 Å². The lowest BCUT2D eigenvalue weighted by atomic mass is 10.1. The Labute approximate surface area is 156 Å². The molecule has 0 aliphatic carbocycles. The first kappa shape index (κ1) is 18.5. The van der Waals surface area contributed by atoms with Crippen LogP contribution in [0, 0.1) is 5.92 Å². The number of hydrogen-bond acceptors (Lipinski definition) is 3. The molecule has 0 bridgehead atoms. The Morgan fingerprint density at radius 3 is 2.73 bits per heavy atom. The SMILES string of the molecule is CC(C)CCNCc1ccc2c(c1)CCN2CNC(=O)c1ccccc1. The zero-order valence-electron chi connectivity index (χ0n) is 15.8. The van der Waals surface area contributed by atoms with Gasteiger partial charge in [0.1, 0.15) is 0 Å². The second-order valence-electron chi connectivity index (χ2n) is 7.37. The summed E-state index contributed by atoms with van der Waals surface area (Å²) in [6, 6.07) is 16.1. The molecule has 1 aliphatic rings. The third-order valence-electron chi connectivity index (χ3n) is 4.83. The van der Waals surface area contributed by atoms with Crippen LogP contribution in [-0.4, -0.2) is 25.7 Å². The van der Waals surface area contributed by atoms with Crippen molar-refractivity contribution in [3.8, 4) is 0 Å². The molecule has 0 radical (unpaired) electrons. The lowest BCUT2D eigenvalue weighted by molar-refractivity contribution is 0.0954. The molecule has 2 N–H and O–H groups in total. The first-order valence-corrected chi connectivity index (χ1v) is 9.54. The summed E-state index contributed by atoms with van der Waals surface area (Å²) < 4.78 is 0. The minimum atomic E-state index is -0.0231. The normalized spacial score (nSPS) is 13.1. The van der Waals surface area contributed by atoms with Gasteiger partial charge in [-0.2, -0.15) is 0 Å². The van der Waals surface area contributed by atoms with Crippen molar-refractivity contribution < 1.29 is 4.79 Å². The first-order chi connectivity index (χ1) is 12.6. The molecular formula is C22H29N3O. The van der Waals surface area contributed by atoms with Gasteiger partial charge in [-0.25, -0.2) is 0 Å². The molecule has 2 aromatic rings. The fraction of sp³-hybridized carbons (Fsp3) is 0.409. The van der Waals surface area contributed by atoms with Crippen molar-refractivity contribution in [2.24, 2.45) is 5.92 Å². The molecule has 1 aliphatic heterocycles. The smallest absolute Gasteiger partial charge is 0.252 e. The van der Waals surface area contributed by atoms with Crippen LogP contribution in [0.5, 0.6) is 0 Å². The summed E-state index contributed by atoms with van der Waals surface area (Å²) in [7, 11) is 0. The molecule has 0 saturated heterocycles. The summed E-state index contributed by atoms with van der Waals surface area (Å²) >= 11 is 0. The van der Waals surface area contributed by atoms with Gasteiger partial charge in [0, 0.05) is 24.3 Å². The van der Waals surface area contributed by atoms with E-state index in [-0.39, 0.29) is 5.91 Å². The van der Waals surface area contributed by atoms with Gasteiger partial charge in [-0.1, -0.05) is 44.2 Å². The highest BCUT2D eigenvalue weighted by molar-refractivity contribution is 5.94. The molecule has 0 spiro atoms. The predicted octanol–water partition coefficient (Wildman–Crippen LogP) is 3.57. The average molecular weight is 351 g/mol. The van der Waals surface area contributed by atoms with Gasteiger partial charge < -0.3 is 15.5 Å². The molecule has 0 saturated carbocycles. The Balaban J connectivity index is 1.52. The van der Waals surface area contributed by atoms with E-state index in [1.165, 1.54) is 23.2 Å². The maximum atomic E-state index is 12.2. The number of carbonyl (C=O) groups excluding carboxylic acids is 1. The molecule has 2 aromatic carbocycles. The van der Waals surface area contributed by atoms with Crippen molar-refractivity contribution in [2.75, 3.05) is 24.7 Å². The highest BCUT2D eigenvalue weighted by Gasteiger charge is 2.19. The standard InChI is InChI=1S/C22H29N3O/c1-17(2)10-12-23-15-18-8-9-21-20(14-18)11-13-25(21)16-24-22(26)19-6-4-3-5-7-19/h3-9,14,17,23H,10-13,15-16H2,1-2H3,(H,24,26). The van der Waals surface area contributed by atoms with Crippen molar-refractivity contribution >= 4 is 11.6 Å². The summed E-state index contributed by atoms with van der Waals surface area (Å²) in [6.07, 6.45) is 2.25. The fourth-order valence-electron chi connectivity index (χ4n) is 3.28. The molecule has 0 aromatic heterocycles. The summed E-state index contributed by atoms with van der Waals surface area (Å²) in [5.74, 6) is 0.715. The van der Waals surface area contributed by atoms with Crippen LogP contribution in [0.15, 0.2) is 48.5 Å². The molecular weight excluding hydrogens is 322 g/mol. The fourth-order valence-corrected chi connectivity index (χ4v) is 3.28. The lowest BCUT2D eigenvalue weighted by Gasteiger charge is -2.20. The second-order valence-corrected chi connectivity index (χ2v) is 7.37. The number of amides is 1. The van der Waals surface area contributed by atoms with Crippen LogP contribution in [0.25, 0.3) is 0 Å². The van der Waals surface area contributed by atoms with Crippen molar-refractivity contribution in [2.45, 2.75) is 33.2 Å². The lowest BCUT2D eigenvalue weighted by Crippen LogP contribution is -2.36. The first-order valence-electron chi connectivity index (χ1n) is 9.54. The van der Waals surface area contributed by atoms with Crippen LogP contribution in [0.2, 0.25) is 0 Å². The zero-order chi connectivity index (χ0) is 18.4. The van der Waals surface area contributed by atoms with Crippen molar-refractivity contribution in [1.29, 1.82) is 0 Å². The molecule has 0 unspecified atom stereocenters. The highest BCUT2D eigenvalue weighted by Crippen LogP contribution is 2.28. The van der Waals surface area contributed by atoms with Crippen LogP contribution in [0.4, 0.5) is 5.69 Å². The maximum absolute atomic E-state index is 12.2. The van der Waals surface area contributed by atoms with Crippen LogP contribution >= 0.6 is 0 Å². The summed E-state index contributed by atoms with van der Waals surface area (Å²) in [6.45, 7) is 7.99. The van der Waals surface area contributed by atoms with E-state index >= 15 is 0 Å². The summed E-state index contributed by atoms with van der Waals surface area (Å²) in [5, 5.41) is 6.55. The second kappa shape index (κ2) is 8.86. The van der Waals surface area contributed by atoms with Gasteiger partial charge in [-0.3, -0.25) is 4.79 Å². The Bertz CT molecular complexity index is 727. The van der Waals surface area contributed by atoms with E-state index in [9.17, 15) is 4.79 Å². The minimum Gasteiger partial charge on any atom is -0.353 e. The molecule has 1 amide bonds. The van der Waals surface area contributed by atoms with Gasteiger partial charge in [0.2, 0.25) is 0 Å². The van der Waals surface area contributed by atoms with E-state index in [0.717, 1.165) is 32.0 Å². The number of hydrogen-bond donors (Lipinski definition) is 2. The third-order valence-corrected chi connectivity index (χ3v) is 4.83. The number of anilines is 1. The number of nitrogens with one attached hydrogen (secondary N) is 2. The molecule has 1 heterocycles. The molecule has 26 heavy (non-hydrogen) atoms. The van der Waals surface area contributed by atoms with E-state index in [1.54, 1.807) is 0 Å². The van der Waals surface area contributed by atoms with Gasteiger partial charge in [-0.15, -0.1) is 0 Å². The quantitative estimate of drug-likeness (QED) is 0.715. The molecule has 0 fully saturated rings. The average Bonchev–Trinajstić information content (AvgIpc) is 3.06. The van der Waals surface area contributed by atoms with Gasteiger partial charge in [0.05, 0.1) is 6.67 Å².